The maximum atomic E-state index is 14.2. The van der Waals surface area contributed by atoms with Gasteiger partial charge in [-0.3, -0.25) is 0 Å². The lowest BCUT2D eigenvalue weighted by molar-refractivity contribution is -0.137. The van der Waals surface area contributed by atoms with Gasteiger partial charge in [-0.05, 0) is 56.2 Å². The molecule has 0 amide bonds. The number of aryl methyl sites for hydroxylation is 1. The number of likely N-dealkylation sites (N-methyl/N-ethyl adjacent to an activating group) is 1. The summed E-state index contributed by atoms with van der Waals surface area (Å²) in [5, 5.41) is 1.45. The molecule has 0 spiro atoms. The van der Waals surface area contributed by atoms with E-state index in [-0.39, 0.29) is 11.6 Å². The Kier molecular flexibility index (Phi) is 14.4. The van der Waals surface area contributed by atoms with Gasteiger partial charge >= 0.3 is 6.18 Å². The van der Waals surface area contributed by atoms with Crippen molar-refractivity contribution in [3.8, 4) is 5.75 Å². The molecule has 1 fully saturated rings. The van der Waals surface area contributed by atoms with E-state index in [0.717, 1.165) is 29.0 Å². The third-order valence-electron chi connectivity index (χ3n) is 7.01. The van der Waals surface area contributed by atoms with Crippen molar-refractivity contribution in [2.24, 2.45) is 11.6 Å². The van der Waals surface area contributed by atoms with Crippen LogP contribution in [0.4, 0.5) is 17.6 Å². The lowest BCUT2D eigenvalue weighted by Crippen LogP contribution is -2.29. The molecule has 3 rings (SSSR count). The highest BCUT2D eigenvalue weighted by Gasteiger charge is 2.31. The topological polar surface area (TPSA) is 77.0 Å². The first-order chi connectivity index (χ1) is 20.0. The fourth-order valence-corrected chi connectivity index (χ4v) is 3.73. The molecule has 2 aromatic rings. The van der Waals surface area contributed by atoms with Gasteiger partial charge in [-0.15, -0.1) is 0 Å². The smallest absolute Gasteiger partial charge is 0.416 e. The molecule has 0 radical (unpaired) electrons. The quantitative estimate of drug-likeness (QED) is 0.111. The van der Waals surface area contributed by atoms with Crippen molar-refractivity contribution in [1.82, 2.24) is 9.91 Å². The molecule has 10 heteroatoms. The van der Waals surface area contributed by atoms with Gasteiger partial charge in [0.05, 0.1) is 25.3 Å². The van der Waals surface area contributed by atoms with Crippen LogP contribution in [0.5, 0.6) is 5.75 Å². The summed E-state index contributed by atoms with van der Waals surface area (Å²) in [4.78, 5) is 1.95. The Bertz CT molecular complexity index is 1190. The van der Waals surface area contributed by atoms with E-state index in [1.54, 1.807) is 12.3 Å². The SMILES string of the molecule is C/C=C(/COc1ccc(COCCN(N)/C=C\N)c(C)c1)N(C)C(C)/C=C/c1ccc(C(F)(F)F)cc1F.C1CCC1. The second-order valence-electron chi connectivity index (χ2n) is 10.1. The first-order valence-corrected chi connectivity index (χ1v) is 14.1. The van der Waals surface area contributed by atoms with Crippen molar-refractivity contribution in [3.63, 3.8) is 0 Å². The average Bonchev–Trinajstić information content (AvgIpc) is 2.90. The molecule has 0 bridgehead atoms. The second kappa shape index (κ2) is 17.5. The molecule has 0 heterocycles. The highest BCUT2D eigenvalue weighted by atomic mass is 19.4. The van der Waals surface area contributed by atoms with Crippen LogP contribution < -0.4 is 16.3 Å². The van der Waals surface area contributed by atoms with Crippen LogP contribution in [0, 0.1) is 12.7 Å². The fourth-order valence-electron chi connectivity index (χ4n) is 3.73. The summed E-state index contributed by atoms with van der Waals surface area (Å²) in [7, 11) is 1.87. The van der Waals surface area contributed by atoms with Crippen LogP contribution in [0.1, 0.15) is 61.8 Å². The molecule has 1 atom stereocenters. The molecule has 0 aromatic heterocycles. The normalized spacial score (nSPS) is 14.4. The minimum absolute atomic E-state index is 0.0869. The minimum atomic E-state index is -4.58. The largest absolute Gasteiger partial charge is 0.487 e. The number of rotatable bonds is 13. The number of ether oxygens (including phenoxy) is 2. The summed E-state index contributed by atoms with van der Waals surface area (Å²) in [6.07, 6.45) is 9.46. The number of nitrogens with two attached hydrogens (primary N) is 2. The predicted octanol–water partition coefficient (Wildman–Crippen LogP) is 7.15. The molecular formula is C32H44F4N4O2. The van der Waals surface area contributed by atoms with Gasteiger partial charge in [-0.2, -0.15) is 13.2 Å². The van der Waals surface area contributed by atoms with Crippen LogP contribution >= 0.6 is 0 Å². The number of hydrazine groups is 1. The number of benzene rings is 2. The van der Waals surface area contributed by atoms with Gasteiger partial charge in [0.15, 0.2) is 0 Å². The first-order valence-electron chi connectivity index (χ1n) is 14.1. The van der Waals surface area contributed by atoms with Crippen molar-refractivity contribution in [2.45, 2.75) is 65.3 Å². The van der Waals surface area contributed by atoms with Crippen molar-refractivity contribution in [1.29, 1.82) is 0 Å². The van der Waals surface area contributed by atoms with Gasteiger partial charge in [-0.1, -0.05) is 56.0 Å². The summed E-state index contributed by atoms with van der Waals surface area (Å²) in [5.74, 6) is 5.48. The lowest BCUT2D eigenvalue weighted by Gasteiger charge is -2.27. The van der Waals surface area contributed by atoms with E-state index >= 15 is 0 Å². The molecule has 2 aromatic carbocycles. The van der Waals surface area contributed by atoms with Gasteiger partial charge in [0.25, 0.3) is 0 Å². The summed E-state index contributed by atoms with van der Waals surface area (Å²) in [5.41, 5.74) is 7.31. The Hall–Kier alpha value is -3.50. The van der Waals surface area contributed by atoms with Gasteiger partial charge in [0, 0.05) is 36.7 Å². The van der Waals surface area contributed by atoms with Crippen LogP contribution in [0.25, 0.3) is 6.08 Å². The van der Waals surface area contributed by atoms with E-state index in [4.69, 9.17) is 21.1 Å². The number of nitrogens with zero attached hydrogens (tertiary/aromatic N) is 2. The average molecular weight is 593 g/mol. The monoisotopic (exact) mass is 592 g/mol. The molecule has 4 N–H and O–H groups in total. The zero-order valence-corrected chi connectivity index (χ0v) is 25.0. The van der Waals surface area contributed by atoms with Crippen LogP contribution in [0.3, 0.4) is 0 Å². The molecule has 1 unspecified atom stereocenters. The molecule has 1 saturated carbocycles. The molecule has 1 aliphatic carbocycles. The molecule has 1 aliphatic rings. The third kappa shape index (κ3) is 11.8. The summed E-state index contributed by atoms with van der Waals surface area (Å²) in [6.45, 7) is 7.48. The van der Waals surface area contributed by atoms with Crippen molar-refractivity contribution in [2.75, 3.05) is 26.8 Å². The minimum Gasteiger partial charge on any atom is -0.487 e. The standard InChI is InChI=1S/C28H36F4N4O2.C4H8/c1-5-25(35(4)21(3)6-7-22-8-10-24(17-27(22)29)28(30,31)32)19-38-26-11-9-23(20(2)16-26)18-37-15-14-36(34)13-12-33;1-2-4-3-1/h5-13,16-17,21H,14-15,18-19,33-34H2,1-4H3;1-4H2/b7-6+,13-12-,25-5-;. The highest BCUT2D eigenvalue weighted by molar-refractivity contribution is 5.51. The van der Waals surface area contributed by atoms with Crippen molar-refractivity contribution >= 4 is 6.08 Å². The van der Waals surface area contributed by atoms with E-state index in [1.807, 2.05) is 57.0 Å². The Labute approximate surface area is 247 Å². The lowest BCUT2D eigenvalue weighted by atomic mass is 10.0. The van der Waals surface area contributed by atoms with E-state index in [0.29, 0.717) is 38.2 Å². The van der Waals surface area contributed by atoms with Crippen LogP contribution in [-0.2, 0) is 17.5 Å². The van der Waals surface area contributed by atoms with E-state index in [2.05, 4.69) is 0 Å². The first kappa shape index (κ1) is 34.7. The fraction of sp³-hybridized carbons (Fsp3) is 0.438. The van der Waals surface area contributed by atoms with Gasteiger partial charge < -0.3 is 25.1 Å². The Balaban J connectivity index is 0.00000141. The maximum Gasteiger partial charge on any atom is 0.416 e. The molecular weight excluding hydrogens is 548 g/mol. The van der Waals surface area contributed by atoms with E-state index < -0.39 is 17.6 Å². The summed E-state index contributed by atoms with van der Waals surface area (Å²) < 4.78 is 64.1. The molecule has 232 valence electrons. The third-order valence-corrected chi connectivity index (χ3v) is 7.01. The Morgan fingerprint density at radius 1 is 1.10 bits per heavy atom. The van der Waals surface area contributed by atoms with Gasteiger partial charge in [0.1, 0.15) is 18.2 Å². The van der Waals surface area contributed by atoms with Gasteiger partial charge in [0.2, 0.25) is 0 Å². The molecule has 6 nitrogen and oxygen atoms in total. The number of halogens is 4. The van der Waals surface area contributed by atoms with Gasteiger partial charge in [-0.25, -0.2) is 10.2 Å². The molecule has 42 heavy (non-hydrogen) atoms. The van der Waals surface area contributed by atoms with Crippen LogP contribution in [0.2, 0.25) is 0 Å². The van der Waals surface area contributed by atoms with Crippen LogP contribution in [0.15, 0.2) is 66.6 Å². The number of allylic oxidation sites excluding steroid dienone is 1. The maximum absolute atomic E-state index is 14.2. The molecule has 0 aliphatic heterocycles. The molecule has 0 saturated heterocycles. The Morgan fingerprint density at radius 2 is 1.79 bits per heavy atom. The zero-order valence-electron chi connectivity index (χ0n) is 25.0. The zero-order chi connectivity index (χ0) is 31.1. The van der Waals surface area contributed by atoms with E-state index in [9.17, 15) is 17.6 Å². The van der Waals surface area contributed by atoms with Crippen molar-refractivity contribution < 1.29 is 27.0 Å². The number of alkyl halides is 3. The number of hydrogen-bond donors (Lipinski definition) is 2. The van der Waals surface area contributed by atoms with Crippen molar-refractivity contribution in [3.05, 3.63) is 94.7 Å². The summed E-state index contributed by atoms with van der Waals surface area (Å²) >= 11 is 0. The number of hydrogen-bond acceptors (Lipinski definition) is 6. The predicted molar refractivity (Wildman–Crippen MR) is 160 cm³/mol. The Morgan fingerprint density at radius 3 is 2.33 bits per heavy atom. The van der Waals surface area contributed by atoms with Crippen LogP contribution in [-0.4, -0.2) is 42.8 Å². The summed E-state index contributed by atoms with van der Waals surface area (Å²) in [6, 6.07) is 8.11. The van der Waals surface area contributed by atoms with E-state index in [1.165, 1.54) is 43.0 Å². The second-order valence-corrected chi connectivity index (χ2v) is 10.1. The highest BCUT2D eigenvalue weighted by Crippen LogP contribution is 2.30.